The highest BCUT2D eigenvalue weighted by Gasteiger charge is 1.92. The number of hydrogen-bond donors (Lipinski definition) is 1. The molecular weight excluding hydrogens is 272 g/mol. The first-order valence-corrected chi connectivity index (χ1v) is 8.68. The predicted molar refractivity (Wildman–Crippen MR) is 95.0 cm³/mol. The van der Waals surface area contributed by atoms with Gasteiger partial charge in [0.1, 0.15) is 0 Å². The molecule has 0 heterocycles. The van der Waals surface area contributed by atoms with Crippen LogP contribution in [0.4, 0.5) is 0 Å². The van der Waals surface area contributed by atoms with Gasteiger partial charge in [0.25, 0.3) is 0 Å². The molecule has 2 nitrogen and oxygen atoms in total. The second-order valence-electron chi connectivity index (χ2n) is 5.47. The number of aliphatic carboxylic acids is 1. The van der Waals surface area contributed by atoms with Gasteiger partial charge in [0.15, 0.2) is 0 Å². The van der Waals surface area contributed by atoms with Crippen molar-refractivity contribution in [3.05, 3.63) is 42.2 Å². The second kappa shape index (κ2) is 17.5. The summed E-state index contributed by atoms with van der Waals surface area (Å²) in [5, 5.41) is 8.49. The van der Waals surface area contributed by atoms with Gasteiger partial charge in [0, 0.05) is 6.42 Å². The molecule has 0 aliphatic heterocycles. The monoisotopic (exact) mass is 304 g/mol. The van der Waals surface area contributed by atoms with Gasteiger partial charge in [-0.05, 0) is 63.5 Å². The van der Waals surface area contributed by atoms with Gasteiger partial charge in [-0.15, -0.1) is 5.73 Å². The van der Waals surface area contributed by atoms with Crippen LogP contribution in [0.5, 0.6) is 0 Å². The molecule has 0 aromatic heterocycles. The summed E-state index contributed by atoms with van der Waals surface area (Å²) in [6, 6.07) is 0. The van der Waals surface area contributed by atoms with E-state index >= 15 is 0 Å². The Morgan fingerprint density at radius 1 is 0.864 bits per heavy atom. The average Bonchev–Trinajstić information content (AvgIpc) is 2.50. The molecule has 0 saturated heterocycles. The van der Waals surface area contributed by atoms with Gasteiger partial charge >= 0.3 is 5.97 Å². The summed E-state index contributed by atoms with van der Waals surface area (Å²) in [5.74, 6) is -0.722. The summed E-state index contributed by atoms with van der Waals surface area (Å²) >= 11 is 0. The second-order valence-corrected chi connectivity index (χ2v) is 5.47. The molecule has 22 heavy (non-hydrogen) atoms. The van der Waals surface area contributed by atoms with E-state index in [2.05, 4.69) is 37.0 Å². The fourth-order valence-electron chi connectivity index (χ4n) is 1.96. The SMILES string of the molecule is CCCCC/C=C/C/C=C/CCCC=C=CCCCC(=O)O. The highest BCUT2D eigenvalue weighted by molar-refractivity contribution is 5.66. The Morgan fingerprint density at radius 3 is 2.14 bits per heavy atom. The van der Waals surface area contributed by atoms with Crippen LogP contribution < -0.4 is 0 Å². The Morgan fingerprint density at radius 2 is 1.50 bits per heavy atom. The van der Waals surface area contributed by atoms with E-state index in [0.29, 0.717) is 6.42 Å². The van der Waals surface area contributed by atoms with Gasteiger partial charge in [-0.1, -0.05) is 44.1 Å². The van der Waals surface area contributed by atoms with Gasteiger partial charge in [-0.25, -0.2) is 0 Å². The number of rotatable bonds is 14. The van der Waals surface area contributed by atoms with Crippen molar-refractivity contribution in [3.63, 3.8) is 0 Å². The van der Waals surface area contributed by atoms with Crippen molar-refractivity contribution in [1.82, 2.24) is 0 Å². The largest absolute Gasteiger partial charge is 0.481 e. The predicted octanol–water partition coefficient (Wildman–Crippen LogP) is 6.21. The van der Waals surface area contributed by atoms with Crippen LogP contribution in [0.3, 0.4) is 0 Å². The zero-order chi connectivity index (χ0) is 16.3. The van der Waals surface area contributed by atoms with Crippen LogP contribution in [-0.2, 0) is 4.79 Å². The molecule has 0 radical (unpaired) electrons. The highest BCUT2D eigenvalue weighted by atomic mass is 16.4. The summed E-state index contributed by atoms with van der Waals surface area (Å²) in [6.45, 7) is 2.23. The minimum atomic E-state index is -0.722. The number of hydrogen-bond acceptors (Lipinski definition) is 1. The number of allylic oxidation sites excluding steroid dienone is 5. The molecule has 124 valence electrons. The molecular formula is C20H32O2. The summed E-state index contributed by atoms with van der Waals surface area (Å²) in [7, 11) is 0. The zero-order valence-electron chi connectivity index (χ0n) is 14.1. The number of carboxylic acid groups (broad SMARTS) is 1. The standard InChI is InChI=1S/C20H32O2/c1-2-3-4-5-6-7-8-9-10-11-12-13-14-15-16-17-18-19-20(21)22/h6-7,9-10,14,16H,2-5,8,11-13,17-19H2,1H3,(H,21,22)/b7-6+,10-9+. The minimum Gasteiger partial charge on any atom is -0.481 e. The van der Waals surface area contributed by atoms with E-state index in [4.69, 9.17) is 5.11 Å². The smallest absolute Gasteiger partial charge is 0.303 e. The molecule has 0 atom stereocenters. The number of unbranched alkanes of at least 4 members (excludes halogenated alkanes) is 6. The first kappa shape index (κ1) is 20.5. The first-order chi connectivity index (χ1) is 10.8. The van der Waals surface area contributed by atoms with Crippen LogP contribution in [0, 0.1) is 0 Å². The van der Waals surface area contributed by atoms with Crippen LogP contribution in [0.15, 0.2) is 42.2 Å². The van der Waals surface area contributed by atoms with Crippen molar-refractivity contribution in [3.8, 4) is 0 Å². The van der Waals surface area contributed by atoms with Gasteiger partial charge < -0.3 is 5.11 Å². The van der Waals surface area contributed by atoms with Crippen LogP contribution in [-0.4, -0.2) is 11.1 Å². The van der Waals surface area contributed by atoms with Gasteiger partial charge in [0.05, 0.1) is 0 Å². The summed E-state index contributed by atoms with van der Waals surface area (Å²) in [6.07, 6.45) is 24.2. The average molecular weight is 304 g/mol. The van der Waals surface area contributed by atoms with E-state index in [0.717, 1.165) is 32.1 Å². The molecule has 1 N–H and O–H groups in total. The topological polar surface area (TPSA) is 37.3 Å². The molecule has 0 rings (SSSR count). The van der Waals surface area contributed by atoms with E-state index in [1.807, 2.05) is 12.2 Å². The fourth-order valence-corrected chi connectivity index (χ4v) is 1.96. The lowest BCUT2D eigenvalue weighted by Gasteiger charge is -1.91. The van der Waals surface area contributed by atoms with E-state index in [9.17, 15) is 4.79 Å². The third kappa shape index (κ3) is 18.5. The molecule has 0 amide bonds. The molecule has 0 bridgehead atoms. The lowest BCUT2D eigenvalue weighted by Crippen LogP contribution is -1.92. The lowest BCUT2D eigenvalue weighted by atomic mass is 10.2. The lowest BCUT2D eigenvalue weighted by molar-refractivity contribution is -0.137. The molecule has 2 heteroatoms. The summed E-state index contributed by atoms with van der Waals surface area (Å²) in [5.41, 5.74) is 3.12. The quantitative estimate of drug-likeness (QED) is 0.235. The highest BCUT2D eigenvalue weighted by Crippen LogP contribution is 2.02. The van der Waals surface area contributed by atoms with Crippen molar-refractivity contribution in [2.75, 3.05) is 0 Å². The molecule has 0 aromatic carbocycles. The van der Waals surface area contributed by atoms with Crippen molar-refractivity contribution < 1.29 is 9.90 Å². The summed E-state index contributed by atoms with van der Waals surface area (Å²) < 4.78 is 0. The molecule has 0 spiro atoms. The van der Waals surface area contributed by atoms with Crippen molar-refractivity contribution in [2.24, 2.45) is 0 Å². The van der Waals surface area contributed by atoms with E-state index in [1.165, 1.54) is 25.7 Å². The fraction of sp³-hybridized carbons (Fsp3) is 0.600. The van der Waals surface area contributed by atoms with Crippen molar-refractivity contribution in [2.45, 2.75) is 77.6 Å². The summed E-state index contributed by atoms with van der Waals surface area (Å²) in [4.78, 5) is 10.3. The third-order valence-electron chi connectivity index (χ3n) is 3.27. The van der Waals surface area contributed by atoms with Crippen LogP contribution in [0.1, 0.15) is 77.6 Å². The first-order valence-electron chi connectivity index (χ1n) is 8.68. The number of carboxylic acids is 1. The van der Waals surface area contributed by atoms with Crippen molar-refractivity contribution in [1.29, 1.82) is 0 Å². The Bertz CT molecular complexity index is 371. The maximum absolute atomic E-state index is 10.3. The molecule has 0 unspecified atom stereocenters. The molecule has 0 aliphatic rings. The van der Waals surface area contributed by atoms with E-state index in [1.54, 1.807) is 0 Å². The Balaban J connectivity index is 3.39. The van der Waals surface area contributed by atoms with Gasteiger partial charge in [0.2, 0.25) is 0 Å². The van der Waals surface area contributed by atoms with Gasteiger partial charge in [-0.3, -0.25) is 4.79 Å². The maximum Gasteiger partial charge on any atom is 0.303 e. The number of carbonyl (C=O) groups is 1. The van der Waals surface area contributed by atoms with Crippen LogP contribution in [0.2, 0.25) is 0 Å². The maximum atomic E-state index is 10.3. The third-order valence-corrected chi connectivity index (χ3v) is 3.27. The van der Waals surface area contributed by atoms with E-state index < -0.39 is 5.97 Å². The molecule has 0 aromatic rings. The molecule has 0 aliphatic carbocycles. The van der Waals surface area contributed by atoms with E-state index in [-0.39, 0.29) is 6.42 Å². The van der Waals surface area contributed by atoms with Crippen LogP contribution in [0.25, 0.3) is 0 Å². The zero-order valence-corrected chi connectivity index (χ0v) is 14.1. The van der Waals surface area contributed by atoms with Crippen LogP contribution >= 0.6 is 0 Å². The minimum absolute atomic E-state index is 0.246. The molecule has 0 fully saturated rings. The Kier molecular flexibility index (Phi) is 16.3. The normalized spacial score (nSPS) is 11.0. The van der Waals surface area contributed by atoms with Gasteiger partial charge in [-0.2, -0.15) is 0 Å². The van der Waals surface area contributed by atoms with Crippen molar-refractivity contribution >= 4 is 5.97 Å². The molecule has 0 saturated carbocycles. The Hall–Kier alpha value is -1.53. The Labute approximate surface area is 136 Å².